The Kier molecular flexibility index (Phi) is 4.96. The van der Waals surface area contributed by atoms with Crippen molar-refractivity contribution in [2.45, 2.75) is 12.8 Å². The smallest absolute Gasteiger partial charge is 0.355 e. The maximum Gasteiger partial charge on any atom is 0.355 e. The lowest BCUT2D eigenvalue weighted by molar-refractivity contribution is -0.135. The Morgan fingerprint density at radius 1 is 1.38 bits per heavy atom. The van der Waals surface area contributed by atoms with Gasteiger partial charge in [0.05, 0.1) is 0 Å². The molecule has 1 aliphatic heterocycles. The summed E-state index contributed by atoms with van der Waals surface area (Å²) in [5.41, 5.74) is 1.03. The zero-order chi connectivity index (χ0) is 15.2. The van der Waals surface area contributed by atoms with Crippen LogP contribution < -0.4 is 0 Å². The molecule has 0 aromatic heterocycles. The van der Waals surface area contributed by atoms with Crippen molar-refractivity contribution in [3.63, 3.8) is 0 Å². The predicted molar refractivity (Wildman–Crippen MR) is 78.7 cm³/mol. The molecule has 0 unspecified atom stereocenters. The lowest BCUT2D eigenvalue weighted by atomic mass is 10.2. The Morgan fingerprint density at radius 2 is 2.10 bits per heavy atom. The number of benzene rings is 1. The zero-order valence-electron chi connectivity index (χ0n) is 11.4. The van der Waals surface area contributed by atoms with E-state index >= 15 is 0 Å². The fraction of sp³-hybridized carbons (Fsp3) is 0.267. The summed E-state index contributed by atoms with van der Waals surface area (Å²) >= 11 is 5.76. The third-order valence-electron chi connectivity index (χ3n) is 2.80. The summed E-state index contributed by atoms with van der Waals surface area (Å²) in [6.07, 6.45) is 0.563. The summed E-state index contributed by atoms with van der Waals surface area (Å²) in [5.74, 6) is 4.94. The predicted octanol–water partition coefficient (Wildman–Crippen LogP) is 1.84. The van der Waals surface area contributed by atoms with Crippen LogP contribution in [0.1, 0.15) is 18.4 Å². The summed E-state index contributed by atoms with van der Waals surface area (Å²) in [6, 6.07) is 7.04. The molecule has 6 heteroatoms. The second-order valence-electron chi connectivity index (χ2n) is 4.35. The third-order valence-corrected chi connectivity index (χ3v) is 3.05. The largest absolute Gasteiger partial charge is 0.448 e. The molecule has 5 nitrogen and oxygen atoms in total. The van der Waals surface area contributed by atoms with E-state index in [0.29, 0.717) is 11.4 Å². The number of hydrogen-bond acceptors (Lipinski definition) is 4. The van der Waals surface area contributed by atoms with Gasteiger partial charge in [-0.1, -0.05) is 23.4 Å². The first-order valence-electron chi connectivity index (χ1n) is 6.32. The van der Waals surface area contributed by atoms with Crippen LogP contribution in [0.3, 0.4) is 0 Å². The molecule has 0 atom stereocenters. The first kappa shape index (κ1) is 15.1. The van der Waals surface area contributed by atoms with Crippen LogP contribution in [0, 0.1) is 11.8 Å². The highest BCUT2D eigenvalue weighted by Gasteiger charge is 2.22. The Morgan fingerprint density at radius 3 is 2.76 bits per heavy atom. The Balaban J connectivity index is 1.86. The molecule has 1 aliphatic rings. The highest BCUT2D eigenvalue weighted by Crippen LogP contribution is 2.09. The van der Waals surface area contributed by atoms with E-state index in [1.54, 1.807) is 24.3 Å². The molecule has 0 spiro atoms. The van der Waals surface area contributed by atoms with Gasteiger partial charge in [0.25, 0.3) is 0 Å². The van der Waals surface area contributed by atoms with Crippen molar-refractivity contribution in [1.82, 2.24) is 5.01 Å². The number of amides is 1. The summed E-state index contributed by atoms with van der Waals surface area (Å²) in [7, 11) is 1.51. The van der Waals surface area contributed by atoms with Crippen molar-refractivity contribution in [2.75, 3.05) is 13.7 Å². The quantitative estimate of drug-likeness (QED) is 0.619. The second-order valence-corrected chi connectivity index (χ2v) is 4.79. The van der Waals surface area contributed by atoms with Gasteiger partial charge in [0.1, 0.15) is 5.71 Å². The molecule has 0 saturated carbocycles. The summed E-state index contributed by atoms with van der Waals surface area (Å²) in [4.78, 5) is 23.0. The highest BCUT2D eigenvalue weighted by molar-refractivity contribution is 6.37. The summed E-state index contributed by atoms with van der Waals surface area (Å²) in [6.45, 7) is -0.0296. The van der Waals surface area contributed by atoms with E-state index in [1.807, 2.05) is 0 Å². The molecule has 21 heavy (non-hydrogen) atoms. The lowest BCUT2D eigenvalue weighted by Gasteiger charge is -2.17. The zero-order valence-corrected chi connectivity index (χ0v) is 12.2. The molecule has 2 rings (SSSR count). The van der Waals surface area contributed by atoms with Crippen LogP contribution in [0.25, 0.3) is 0 Å². The van der Waals surface area contributed by atoms with Crippen LogP contribution in [0.4, 0.5) is 0 Å². The molecule has 0 N–H and O–H groups in total. The van der Waals surface area contributed by atoms with E-state index < -0.39 is 5.97 Å². The van der Waals surface area contributed by atoms with E-state index in [1.165, 1.54) is 7.05 Å². The van der Waals surface area contributed by atoms with Crippen molar-refractivity contribution in [3.8, 4) is 11.8 Å². The molecular formula is C15H13ClN2O3. The van der Waals surface area contributed by atoms with Crippen molar-refractivity contribution in [3.05, 3.63) is 34.9 Å². The Labute approximate surface area is 127 Å². The molecule has 0 bridgehead atoms. The average Bonchev–Trinajstić information content (AvgIpc) is 2.48. The highest BCUT2D eigenvalue weighted by atomic mass is 35.5. The molecule has 0 fully saturated rings. The molecular weight excluding hydrogens is 292 g/mol. The molecule has 0 aliphatic carbocycles. The number of hydrogen-bond donors (Lipinski definition) is 0. The van der Waals surface area contributed by atoms with Crippen LogP contribution in [0.2, 0.25) is 5.02 Å². The maximum atomic E-state index is 11.7. The van der Waals surface area contributed by atoms with Crippen LogP contribution in [0.5, 0.6) is 0 Å². The SMILES string of the molecule is CN1N=C(C(=O)OCC#Cc2ccc(Cl)cc2)CCC1=O. The first-order chi connectivity index (χ1) is 10.1. The fourth-order valence-electron chi connectivity index (χ4n) is 1.67. The topological polar surface area (TPSA) is 59.0 Å². The van der Waals surface area contributed by atoms with Gasteiger partial charge in [0.15, 0.2) is 6.61 Å². The van der Waals surface area contributed by atoms with Gasteiger partial charge in [-0.25, -0.2) is 9.80 Å². The van der Waals surface area contributed by atoms with E-state index in [-0.39, 0.29) is 24.6 Å². The number of esters is 1. The minimum Gasteiger partial charge on any atom is -0.448 e. The summed E-state index contributed by atoms with van der Waals surface area (Å²) < 4.78 is 5.00. The molecule has 1 aromatic carbocycles. The van der Waals surface area contributed by atoms with Gasteiger partial charge in [-0.2, -0.15) is 5.10 Å². The van der Waals surface area contributed by atoms with Crippen LogP contribution in [-0.2, 0) is 14.3 Å². The first-order valence-corrected chi connectivity index (χ1v) is 6.69. The standard InChI is InChI=1S/C15H13ClN2O3/c1-18-14(19)9-8-13(17-18)15(20)21-10-2-3-11-4-6-12(16)7-5-11/h4-7H,8-10H2,1H3. The minimum atomic E-state index is -0.542. The van der Waals surface area contributed by atoms with Crippen molar-refractivity contribution >= 4 is 29.2 Å². The van der Waals surface area contributed by atoms with Gasteiger partial charge < -0.3 is 4.74 Å². The maximum absolute atomic E-state index is 11.7. The van der Waals surface area contributed by atoms with Crippen molar-refractivity contribution < 1.29 is 14.3 Å². The van der Waals surface area contributed by atoms with Gasteiger partial charge >= 0.3 is 5.97 Å². The molecule has 0 saturated heterocycles. The fourth-order valence-corrected chi connectivity index (χ4v) is 1.80. The molecule has 1 amide bonds. The van der Waals surface area contributed by atoms with Crippen LogP contribution in [-0.4, -0.2) is 36.3 Å². The number of rotatable bonds is 2. The number of nitrogens with zero attached hydrogens (tertiary/aromatic N) is 2. The normalized spacial score (nSPS) is 14.1. The molecule has 108 valence electrons. The van der Waals surface area contributed by atoms with Gasteiger partial charge in [0.2, 0.25) is 5.91 Å². The minimum absolute atomic E-state index is 0.0296. The van der Waals surface area contributed by atoms with E-state index in [2.05, 4.69) is 16.9 Å². The van der Waals surface area contributed by atoms with Gasteiger partial charge in [-0.05, 0) is 24.3 Å². The number of ether oxygens (including phenoxy) is 1. The summed E-state index contributed by atoms with van der Waals surface area (Å²) in [5, 5.41) is 5.66. The number of carbonyl (C=O) groups excluding carboxylic acids is 2. The van der Waals surface area contributed by atoms with Gasteiger partial charge in [0, 0.05) is 30.5 Å². The van der Waals surface area contributed by atoms with E-state index in [0.717, 1.165) is 10.6 Å². The number of halogens is 1. The number of hydrazone groups is 1. The van der Waals surface area contributed by atoms with Crippen molar-refractivity contribution in [2.24, 2.45) is 5.10 Å². The lowest BCUT2D eigenvalue weighted by Crippen LogP contribution is -2.32. The molecule has 1 heterocycles. The van der Waals surface area contributed by atoms with Gasteiger partial charge in [-0.15, -0.1) is 0 Å². The Bertz CT molecular complexity index is 641. The monoisotopic (exact) mass is 304 g/mol. The molecule has 1 aromatic rings. The second kappa shape index (κ2) is 6.91. The number of carbonyl (C=O) groups is 2. The molecule has 0 radical (unpaired) electrons. The van der Waals surface area contributed by atoms with E-state index in [9.17, 15) is 9.59 Å². The van der Waals surface area contributed by atoms with Crippen molar-refractivity contribution in [1.29, 1.82) is 0 Å². The van der Waals surface area contributed by atoms with Gasteiger partial charge in [-0.3, -0.25) is 4.79 Å². The van der Waals surface area contributed by atoms with Crippen LogP contribution >= 0.6 is 11.6 Å². The average molecular weight is 305 g/mol. The Hall–Kier alpha value is -2.32. The van der Waals surface area contributed by atoms with E-state index in [4.69, 9.17) is 16.3 Å². The van der Waals surface area contributed by atoms with Crippen LogP contribution in [0.15, 0.2) is 29.4 Å². The third kappa shape index (κ3) is 4.33.